The largest absolute Gasteiger partial charge is 0.416 e. The maximum Gasteiger partial charge on any atom is 0.416 e. The highest BCUT2D eigenvalue weighted by Crippen LogP contribution is 2.39. The molecule has 0 spiro atoms. The SMILES string of the molecule is Cc1[nH]c(-c2ccc(Cl)cc2)c(-c2ccc(F)cc2F)c1CN1CCN(c2cccc(C(F)(F)F)c2)CC1. The number of alkyl halides is 3. The van der Waals surface area contributed by atoms with Gasteiger partial charge in [0.05, 0.1) is 11.3 Å². The second kappa shape index (κ2) is 10.4. The molecule has 1 aliphatic heterocycles. The number of piperazine rings is 1. The van der Waals surface area contributed by atoms with Crippen LogP contribution in [0, 0.1) is 18.6 Å². The predicted octanol–water partition coefficient (Wildman–Crippen LogP) is 7.93. The third kappa shape index (κ3) is 5.42. The molecule has 1 aromatic heterocycles. The second-order valence-corrected chi connectivity index (χ2v) is 9.86. The average molecular weight is 546 g/mol. The molecule has 3 nitrogen and oxygen atoms in total. The van der Waals surface area contributed by atoms with Crippen molar-refractivity contribution < 1.29 is 22.0 Å². The van der Waals surface area contributed by atoms with Gasteiger partial charge in [0.25, 0.3) is 0 Å². The van der Waals surface area contributed by atoms with E-state index in [2.05, 4.69) is 9.88 Å². The van der Waals surface area contributed by atoms with Crippen molar-refractivity contribution in [1.82, 2.24) is 9.88 Å². The van der Waals surface area contributed by atoms with Crippen LogP contribution in [0.4, 0.5) is 27.6 Å². The maximum atomic E-state index is 15.0. The zero-order valence-electron chi connectivity index (χ0n) is 20.5. The monoisotopic (exact) mass is 545 g/mol. The van der Waals surface area contributed by atoms with Gasteiger partial charge in [-0.25, -0.2) is 8.78 Å². The van der Waals surface area contributed by atoms with Crippen molar-refractivity contribution in [1.29, 1.82) is 0 Å². The Morgan fingerprint density at radius 2 is 1.61 bits per heavy atom. The Bertz CT molecular complexity index is 1440. The number of hydrogen-bond donors (Lipinski definition) is 1. The van der Waals surface area contributed by atoms with Gasteiger partial charge >= 0.3 is 6.18 Å². The summed E-state index contributed by atoms with van der Waals surface area (Å²) in [6.45, 7) is 4.74. The van der Waals surface area contributed by atoms with E-state index in [9.17, 15) is 17.6 Å². The fraction of sp³-hybridized carbons (Fsp3) is 0.241. The fourth-order valence-electron chi connectivity index (χ4n) is 4.95. The topological polar surface area (TPSA) is 22.3 Å². The number of nitrogens with zero attached hydrogens (tertiary/aromatic N) is 2. The molecule has 0 radical (unpaired) electrons. The van der Waals surface area contributed by atoms with E-state index < -0.39 is 23.4 Å². The van der Waals surface area contributed by atoms with Gasteiger partial charge in [-0.1, -0.05) is 29.8 Å². The van der Waals surface area contributed by atoms with Gasteiger partial charge in [0, 0.05) is 66.3 Å². The summed E-state index contributed by atoms with van der Waals surface area (Å²) in [6, 6.07) is 16.1. The molecule has 1 N–H and O–H groups in total. The highest BCUT2D eigenvalue weighted by molar-refractivity contribution is 6.30. The summed E-state index contributed by atoms with van der Waals surface area (Å²) >= 11 is 6.07. The van der Waals surface area contributed by atoms with E-state index in [1.807, 2.05) is 24.0 Å². The summed E-state index contributed by atoms with van der Waals surface area (Å²) in [5.41, 5.74) is 4.08. The number of nitrogens with one attached hydrogen (secondary N) is 1. The molecule has 1 fully saturated rings. The molecule has 1 saturated heterocycles. The zero-order chi connectivity index (χ0) is 27.0. The predicted molar refractivity (Wildman–Crippen MR) is 140 cm³/mol. The smallest absolute Gasteiger partial charge is 0.369 e. The van der Waals surface area contributed by atoms with Gasteiger partial charge < -0.3 is 9.88 Å². The second-order valence-electron chi connectivity index (χ2n) is 9.42. The van der Waals surface area contributed by atoms with E-state index in [-0.39, 0.29) is 0 Å². The van der Waals surface area contributed by atoms with E-state index >= 15 is 4.39 Å². The number of aromatic amines is 1. The van der Waals surface area contributed by atoms with Crippen LogP contribution in [0.25, 0.3) is 22.4 Å². The lowest BCUT2D eigenvalue weighted by atomic mass is 9.96. The molecule has 198 valence electrons. The van der Waals surface area contributed by atoms with Crippen LogP contribution in [0.3, 0.4) is 0 Å². The first kappa shape index (κ1) is 26.3. The number of H-pyrrole nitrogens is 1. The molecule has 1 aliphatic rings. The van der Waals surface area contributed by atoms with Crippen molar-refractivity contribution in [2.75, 3.05) is 31.1 Å². The minimum Gasteiger partial charge on any atom is -0.369 e. The van der Waals surface area contributed by atoms with Crippen LogP contribution in [0.15, 0.2) is 66.7 Å². The molecule has 0 amide bonds. The van der Waals surface area contributed by atoms with Crippen LogP contribution in [0.1, 0.15) is 16.8 Å². The van der Waals surface area contributed by atoms with Crippen molar-refractivity contribution in [2.24, 2.45) is 0 Å². The van der Waals surface area contributed by atoms with Crippen LogP contribution in [0.2, 0.25) is 5.02 Å². The average Bonchev–Trinajstić information content (AvgIpc) is 3.20. The molecule has 0 saturated carbocycles. The van der Waals surface area contributed by atoms with Crippen LogP contribution in [-0.4, -0.2) is 36.1 Å². The third-order valence-corrected chi connectivity index (χ3v) is 7.19. The maximum absolute atomic E-state index is 15.0. The Morgan fingerprint density at radius 1 is 0.895 bits per heavy atom. The van der Waals surface area contributed by atoms with E-state index in [0.717, 1.165) is 29.0 Å². The molecule has 0 bridgehead atoms. The molecule has 5 rings (SSSR count). The molecule has 3 aromatic carbocycles. The lowest BCUT2D eigenvalue weighted by molar-refractivity contribution is -0.137. The normalized spacial score (nSPS) is 14.8. The molecule has 0 atom stereocenters. The summed E-state index contributed by atoms with van der Waals surface area (Å²) < 4.78 is 68.3. The molecule has 9 heteroatoms. The quantitative estimate of drug-likeness (QED) is 0.257. The van der Waals surface area contributed by atoms with Crippen molar-refractivity contribution >= 4 is 17.3 Å². The summed E-state index contributed by atoms with van der Waals surface area (Å²) in [7, 11) is 0. The number of hydrogen-bond acceptors (Lipinski definition) is 2. The summed E-state index contributed by atoms with van der Waals surface area (Å²) in [6.07, 6.45) is -4.39. The Kier molecular flexibility index (Phi) is 7.20. The first-order valence-electron chi connectivity index (χ1n) is 12.2. The fourth-order valence-corrected chi connectivity index (χ4v) is 5.08. The lowest BCUT2D eigenvalue weighted by Gasteiger charge is -2.36. The zero-order valence-corrected chi connectivity index (χ0v) is 21.3. The molecular weight excluding hydrogens is 521 g/mol. The van der Waals surface area contributed by atoms with Gasteiger partial charge in [-0.3, -0.25) is 4.90 Å². The van der Waals surface area contributed by atoms with Gasteiger partial charge in [0.15, 0.2) is 0 Å². The van der Waals surface area contributed by atoms with Gasteiger partial charge in [-0.2, -0.15) is 13.2 Å². The number of rotatable bonds is 5. The van der Waals surface area contributed by atoms with Crippen molar-refractivity contribution in [3.63, 3.8) is 0 Å². The van der Waals surface area contributed by atoms with E-state index in [1.165, 1.54) is 24.3 Å². The Balaban J connectivity index is 1.42. The summed E-state index contributed by atoms with van der Waals surface area (Å²) in [5, 5.41) is 0.574. The van der Waals surface area contributed by atoms with Gasteiger partial charge in [-0.05, 0) is 60.5 Å². The minimum absolute atomic E-state index is 0.290. The third-order valence-electron chi connectivity index (χ3n) is 6.94. The van der Waals surface area contributed by atoms with E-state index in [1.54, 1.807) is 18.2 Å². The van der Waals surface area contributed by atoms with Crippen LogP contribution < -0.4 is 4.90 Å². The number of aromatic nitrogens is 1. The van der Waals surface area contributed by atoms with Crippen LogP contribution in [0.5, 0.6) is 0 Å². The molecule has 0 unspecified atom stereocenters. The Hall–Kier alpha value is -3.36. The number of aryl methyl sites for hydroxylation is 1. The molecular formula is C29H25ClF5N3. The molecule has 2 heterocycles. The summed E-state index contributed by atoms with van der Waals surface area (Å²) in [4.78, 5) is 7.52. The van der Waals surface area contributed by atoms with Gasteiger partial charge in [0.2, 0.25) is 0 Å². The minimum atomic E-state index is -4.39. The van der Waals surface area contributed by atoms with Crippen LogP contribution >= 0.6 is 11.6 Å². The van der Waals surface area contributed by atoms with Gasteiger partial charge in [-0.15, -0.1) is 0 Å². The Morgan fingerprint density at radius 3 is 2.26 bits per heavy atom. The van der Waals surface area contributed by atoms with E-state index in [4.69, 9.17) is 11.6 Å². The lowest BCUT2D eigenvalue weighted by Crippen LogP contribution is -2.46. The molecule has 38 heavy (non-hydrogen) atoms. The standard InChI is InChI=1S/C29H25ClF5N3/c1-18-25(17-37-11-13-38(14-12-37)23-4-2-3-20(15-23)29(33,34)35)27(24-10-9-22(31)16-26(24)32)28(36-18)19-5-7-21(30)8-6-19/h2-10,15-16,36H,11-14,17H2,1H3. The van der Waals surface area contributed by atoms with Crippen molar-refractivity contribution in [2.45, 2.75) is 19.6 Å². The van der Waals surface area contributed by atoms with E-state index in [0.29, 0.717) is 60.3 Å². The first-order chi connectivity index (χ1) is 18.1. The highest BCUT2D eigenvalue weighted by atomic mass is 35.5. The molecule has 0 aliphatic carbocycles. The number of halogens is 6. The molecule has 4 aromatic rings. The number of anilines is 1. The Labute approximate surface area is 222 Å². The van der Waals surface area contributed by atoms with Gasteiger partial charge in [0.1, 0.15) is 11.6 Å². The van der Waals surface area contributed by atoms with Crippen molar-refractivity contribution in [3.05, 3.63) is 100 Å². The number of benzene rings is 3. The van der Waals surface area contributed by atoms with Crippen LogP contribution in [-0.2, 0) is 12.7 Å². The van der Waals surface area contributed by atoms with Crippen molar-refractivity contribution in [3.8, 4) is 22.4 Å². The first-order valence-corrected chi connectivity index (χ1v) is 12.6. The highest BCUT2D eigenvalue weighted by Gasteiger charge is 2.31. The summed E-state index contributed by atoms with van der Waals surface area (Å²) in [5.74, 6) is -1.31.